The van der Waals surface area contributed by atoms with Crippen LogP contribution in [0.1, 0.15) is 13.8 Å². The topological polar surface area (TPSA) is 88.4 Å². The monoisotopic (exact) mass is 478 g/mol. The van der Waals surface area contributed by atoms with E-state index in [1.165, 1.54) is 32.7 Å². The molecule has 0 saturated carbocycles. The van der Waals surface area contributed by atoms with Crippen molar-refractivity contribution in [3.63, 3.8) is 0 Å². The van der Waals surface area contributed by atoms with Crippen LogP contribution in [-0.4, -0.2) is 43.4 Å². The smallest absolute Gasteiger partial charge is 0.325 e. The number of aromatic nitrogens is 1. The van der Waals surface area contributed by atoms with Gasteiger partial charge < -0.3 is 23.5 Å². The summed E-state index contributed by atoms with van der Waals surface area (Å²) in [4.78, 5) is 29.7. The van der Waals surface area contributed by atoms with Crippen LogP contribution in [-0.2, 0) is 20.9 Å². The summed E-state index contributed by atoms with van der Waals surface area (Å²) in [5.41, 5.74) is -0.608. The first-order valence-electron chi connectivity index (χ1n) is 9.54. The van der Waals surface area contributed by atoms with E-state index in [2.05, 4.69) is 4.99 Å². The van der Waals surface area contributed by atoms with Crippen molar-refractivity contribution < 1.29 is 28.5 Å². The van der Waals surface area contributed by atoms with Gasteiger partial charge in [0.05, 0.1) is 31.5 Å². The molecule has 0 fully saturated rings. The van der Waals surface area contributed by atoms with E-state index >= 15 is 0 Å². The average molecular weight is 479 g/mol. The number of benzene rings is 2. The number of ether oxygens (including phenoxy) is 4. The van der Waals surface area contributed by atoms with Gasteiger partial charge in [-0.15, -0.1) is 0 Å². The molecule has 0 aliphatic heterocycles. The third kappa shape index (κ3) is 5.05. The second-order valence-electron chi connectivity index (χ2n) is 7.21. The summed E-state index contributed by atoms with van der Waals surface area (Å²) >= 11 is 7.14. The Balaban J connectivity index is 2.08. The lowest BCUT2D eigenvalue weighted by atomic mass is 10.1. The molecule has 1 aromatic heterocycles. The Morgan fingerprint density at radius 1 is 1.06 bits per heavy atom. The Bertz CT molecular complexity index is 1210. The van der Waals surface area contributed by atoms with E-state index in [0.29, 0.717) is 32.6 Å². The largest absolute Gasteiger partial charge is 0.493 e. The lowest BCUT2D eigenvalue weighted by Crippen LogP contribution is -2.38. The number of carbonyl (C=O) groups excluding carboxylic acids is 2. The van der Waals surface area contributed by atoms with Crippen molar-refractivity contribution in [2.24, 2.45) is 4.99 Å². The number of esters is 1. The zero-order valence-electron chi connectivity index (χ0n) is 18.3. The Kier molecular flexibility index (Phi) is 7.10. The summed E-state index contributed by atoms with van der Waals surface area (Å²) in [5, 5.41) is 0.561. The van der Waals surface area contributed by atoms with Crippen LogP contribution in [0.15, 0.2) is 41.4 Å². The zero-order chi connectivity index (χ0) is 23.5. The third-order valence-corrected chi connectivity index (χ3v) is 5.89. The molecule has 0 aliphatic rings. The highest BCUT2D eigenvalue weighted by Gasteiger charge is 2.30. The van der Waals surface area contributed by atoms with E-state index in [4.69, 9.17) is 30.5 Å². The van der Waals surface area contributed by atoms with Crippen LogP contribution in [0.5, 0.6) is 17.2 Å². The molecule has 1 amide bonds. The summed E-state index contributed by atoms with van der Waals surface area (Å²) in [7, 11) is 4.35. The minimum absolute atomic E-state index is 0.128. The number of hydrogen-bond acceptors (Lipinski definition) is 7. The molecule has 0 saturated heterocycles. The third-order valence-electron chi connectivity index (χ3n) is 4.60. The first-order valence-corrected chi connectivity index (χ1v) is 10.7. The minimum atomic E-state index is -1.26. The van der Waals surface area contributed by atoms with Gasteiger partial charge in [-0.05, 0) is 38.1 Å². The van der Waals surface area contributed by atoms with Crippen LogP contribution in [0.25, 0.3) is 10.2 Å². The molecule has 32 heavy (non-hydrogen) atoms. The minimum Gasteiger partial charge on any atom is -0.493 e. The maximum atomic E-state index is 13.0. The van der Waals surface area contributed by atoms with Crippen LogP contribution < -0.4 is 19.0 Å². The number of methoxy groups -OCH3 is 3. The first kappa shape index (κ1) is 23.6. The number of halogens is 1. The van der Waals surface area contributed by atoms with Gasteiger partial charge in [0.15, 0.2) is 21.9 Å². The number of rotatable bonds is 7. The van der Waals surface area contributed by atoms with Crippen molar-refractivity contribution in [2.75, 3.05) is 21.3 Å². The summed E-state index contributed by atoms with van der Waals surface area (Å²) in [6.07, 6.45) is 0. The zero-order valence-corrected chi connectivity index (χ0v) is 19.9. The van der Waals surface area contributed by atoms with Gasteiger partial charge in [0, 0.05) is 17.2 Å². The van der Waals surface area contributed by atoms with Gasteiger partial charge in [0.1, 0.15) is 12.3 Å². The van der Waals surface area contributed by atoms with Crippen molar-refractivity contribution in [1.82, 2.24) is 4.57 Å². The van der Waals surface area contributed by atoms with E-state index in [9.17, 15) is 9.59 Å². The van der Waals surface area contributed by atoms with Gasteiger partial charge >= 0.3 is 5.97 Å². The lowest BCUT2D eigenvalue weighted by Gasteiger charge is -2.22. The van der Waals surface area contributed by atoms with Gasteiger partial charge in [0.25, 0.3) is 5.91 Å². The predicted octanol–water partition coefficient (Wildman–Crippen LogP) is 3.83. The van der Waals surface area contributed by atoms with Crippen molar-refractivity contribution in [2.45, 2.75) is 26.0 Å². The summed E-state index contributed by atoms with van der Waals surface area (Å²) in [6.45, 7) is 3.12. The fourth-order valence-electron chi connectivity index (χ4n) is 2.89. The van der Waals surface area contributed by atoms with Gasteiger partial charge in [-0.2, -0.15) is 4.99 Å². The molecular formula is C22H23ClN2O6S. The van der Waals surface area contributed by atoms with Crippen LogP contribution in [0, 0.1) is 0 Å². The molecule has 8 nitrogen and oxygen atoms in total. The lowest BCUT2D eigenvalue weighted by molar-refractivity contribution is -0.141. The van der Waals surface area contributed by atoms with E-state index in [1.54, 1.807) is 54.8 Å². The fourth-order valence-corrected chi connectivity index (χ4v) is 4.05. The van der Waals surface area contributed by atoms with Gasteiger partial charge in [0.2, 0.25) is 0 Å². The van der Waals surface area contributed by atoms with Gasteiger partial charge in [-0.1, -0.05) is 22.9 Å². The summed E-state index contributed by atoms with van der Waals surface area (Å²) in [5.74, 6) is 0.495. The van der Waals surface area contributed by atoms with E-state index in [-0.39, 0.29) is 6.54 Å². The van der Waals surface area contributed by atoms with Crippen molar-refractivity contribution in [1.29, 1.82) is 0 Å². The molecule has 1 heterocycles. The van der Waals surface area contributed by atoms with Crippen molar-refractivity contribution in [3.05, 3.63) is 46.2 Å². The standard InChI is InChI=1S/C22H23ClN2O6S/c1-22(2,31-14-8-6-13(23)7-9-14)20(27)24-21-25(12-19(26)30-5)15-10-16(28-3)17(29-4)11-18(15)32-21/h6-11H,12H2,1-5H3. The number of thiazole rings is 1. The maximum absolute atomic E-state index is 13.0. The van der Waals surface area contributed by atoms with E-state index in [0.717, 1.165) is 4.70 Å². The van der Waals surface area contributed by atoms with Crippen LogP contribution in [0.2, 0.25) is 5.02 Å². The molecule has 3 rings (SSSR count). The van der Waals surface area contributed by atoms with E-state index in [1.807, 2.05) is 0 Å². The van der Waals surface area contributed by atoms with Crippen LogP contribution >= 0.6 is 22.9 Å². The van der Waals surface area contributed by atoms with Crippen LogP contribution in [0.3, 0.4) is 0 Å². The van der Waals surface area contributed by atoms with Crippen LogP contribution in [0.4, 0.5) is 0 Å². The molecule has 2 aromatic carbocycles. The number of fused-ring (bicyclic) bond motifs is 1. The number of carbonyl (C=O) groups is 2. The fraction of sp³-hybridized carbons (Fsp3) is 0.318. The summed E-state index contributed by atoms with van der Waals surface area (Å²) < 4.78 is 23.8. The molecule has 170 valence electrons. The highest BCUT2D eigenvalue weighted by atomic mass is 35.5. The highest BCUT2D eigenvalue weighted by molar-refractivity contribution is 7.16. The van der Waals surface area contributed by atoms with E-state index < -0.39 is 17.5 Å². The van der Waals surface area contributed by atoms with Crippen molar-refractivity contribution >= 4 is 45.0 Å². The molecule has 3 aromatic rings. The molecular weight excluding hydrogens is 456 g/mol. The normalized spacial score (nSPS) is 12.0. The molecule has 10 heteroatoms. The van der Waals surface area contributed by atoms with Gasteiger partial charge in [-0.3, -0.25) is 9.59 Å². The average Bonchev–Trinajstić information content (AvgIpc) is 3.09. The quantitative estimate of drug-likeness (QED) is 0.479. The number of hydrogen-bond donors (Lipinski definition) is 0. The molecule has 0 aliphatic carbocycles. The second kappa shape index (κ2) is 9.62. The molecule has 0 spiro atoms. The van der Waals surface area contributed by atoms with Crippen molar-refractivity contribution in [3.8, 4) is 17.2 Å². The molecule has 0 radical (unpaired) electrons. The maximum Gasteiger partial charge on any atom is 0.325 e. The Morgan fingerprint density at radius 3 is 2.28 bits per heavy atom. The Labute approximate surface area is 194 Å². The molecule has 0 unspecified atom stereocenters. The molecule has 0 atom stereocenters. The Hall–Kier alpha value is -3.04. The SMILES string of the molecule is COC(=O)Cn1c(=NC(=O)C(C)(C)Oc2ccc(Cl)cc2)sc2cc(OC)c(OC)cc21. The summed E-state index contributed by atoms with van der Waals surface area (Å²) in [6, 6.07) is 10.2. The molecule has 0 bridgehead atoms. The first-order chi connectivity index (χ1) is 15.2. The number of amides is 1. The second-order valence-corrected chi connectivity index (χ2v) is 8.65. The molecule has 0 N–H and O–H groups in total. The number of nitrogens with zero attached hydrogens (tertiary/aromatic N) is 2. The van der Waals surface area contributed by atoms with Gasteiger partial charge in [-0.25, -0.2) is 0 Å². The highest BCUT2D eigenvalue weighted by Crippen LogP contribution is 2.33. The Morgan fingerprint density at radius 2 is 1.69 bits per heavy atom. The predicted molar refractivity (Wildman–Crippen MR) is 122 cm³/mol.